The summed E-state index contributed by atoms with van der Waals surface area (Å²) in [7, 11) is 0. The van der Waals surface area contributed by atoms with Crippen molar-refractivity contribution in [2.75, 3.05) is 19.6 Å². The van der Waals surface area contributed by atoms with Crippen LogP contribution in [0.4, 0.5) is 0 Å². The van der Waals surface area contributed by atoms with Gasteiger partial charge in [0.15, 0.2) is 0 Å². The van der Waals surface area contributed by atoms with Crippen molar-refractivity contribution < 1.29 is 0 Å². The summed E-state index contributed by atoms with van der Waals surface area (Å²) < 4.78 is 1.45. The van der Waals surface area contributed by atoms with Crippen LogP contribution in [0.25, 0.3) is 0 Å². The van der Waals surface area contributed by atoms with Crippen molar-refractivity contribution in [2.24, 2.45) is 0 Å². The fraction of sp³-hybridized carbons (Fsp3) is 0.800. The number of hydrogen-bond donors (Lipinski definition) is 3. The quantitative estimate of drug-likeness (QED) is 0.169. The van der Waals surface area contributed by atoms with Gasteiger partial charge in [0.1, 0.15) is 0 Å². The number of unbranched alkanes of at least 4 members (excludes halogenated alkanes) is 3. The van der Waals surface area contributed by atoms with Gasteiger partial charge in [-0.05, 0) is 19.3 Å². The molecule has 0 aromatic rings. The first-order valence-corrected chi connectivity index (χ1v) is 10.6. The van der Waals surface area contributed by atoms with Crippen LogP contribution in [-0.2, 0) is 37.9 Å². The van der Waals surface area contributed by atoms with Gasteiger partial charge in [-0.15, -0.1) is 0 Å². The molecule has 0 spiro atoms. The third-order valence-electron chi connectivity index (χ3n) is 2.40. The molecule has 0 atom stereocenters. The first kappa shape index (κ1) is 33.7. The minimum Gasteiger partial charge on any atom is -0.412 e. The Morgan fingerprint density at radius 1 is 0.600 bits per heavy atom. The van der Waals surface area contributed by atoms with Crippen molar-refractivity contribution in [1.82, 2.24) is 16.0 Å². The Morgan fingerprint density at radius 2 is 0.800 bits per heavy atom. The molecule has 0 bridgehead atoms. The SMILES string of the molecule is CCCCNC(=S)[S-].CCCCNC(=S)[S-].CCCCNC(=S)[S-].[Sb+3]. The molecule has 0 aliphatic rings. The Balaban J connectivity index is -0.000000130. The van der Waals surface area contributed by atoms with E-state index in [-0.39, 0.29) is 24.4 Å². The molecule has 0 amide bonds. The molecule has 0 rings (SSSR count). The van der Waals surface area contributed by atoms with E-state index in [1.807, 2.05) is 0 Å². The summed E-state index contributed by atoms with van der Waals surface area (Å²) in [5.74, 6) is 0. The maximum Gasteiger partial charge on any atom is 3.00 e. The van der Waals surface area contributed by atoms with Crippen LogP contribution in [0.1, 0.15) is 59.3 Å². The fourth-order valence-electron chi connectivity index (χ4n) is 1.10. The standard InChI is InChI=1S/3C5H11NS2.Sb/c3*1-2-3-4-6-5(7)8;/h3*2-4H2,1H3,(H2,6,7,8);/q;;;+3/p-3. The zero-order valence-corrected chi connectivity index (χ0v) is 22.7. The van der Waals surface area contributed by atoms with E-state index < -0.39 is 0 Å². The van der Waals surface area contributed by atoms with Crippen LogP contribution in [0, 0.1) is 0 Å². The van der Waals surface area contributed by atoms with Crippen LogP contribution < -0.4 is 16.0 Å². The summed E-state index contributed by atoms with van der Waals surface area (Å²) >= 11 is 27.7. The molecule has 0 aromatic heterocycles. The minimum absolute atomic E-state index is 0. The molecule has 10 heteroatoms. The summed E-state index contributed by atoms with van der Waals surface area (Å²) in [5, 5.41) is 8.68. The van der Waals surface area contributed by atoms with Crippen molar-refractivity contribution in [2.45, 2.75) is 59.3 Å². The van der Waals surface area contributed by atoms with E-state index in [1.54, 1.807) is 0 Å². The van der Waals surface area contributed by atoms with Crippen LogP contribution in [0.3, 0.4) is 0 Å². The normalized spacial score (nSPS) is 8.28. The van der Waals surface area contributed by atoms with Gasteiger partial charge in [0.2, 0.25) is 0 Å². The van der Waals surface area contributed by atoms with Crippen molar-refractivity contribution in [3.63, 3.8) is 0 Å². The van der Waals surface area contributed by atoms with E-state index in [0.717, 1.165) is 38.9 Å². The second-order valence-corrected chi connectivity index (χ2v) is 7.93. The summed E-state index contributed by atoms with van der Waals surface area (Å²) in [4.78, 5) is 0. The van der Waals surface area contributed by atoms with Gasteiger partial charge in [0.05, 0.1) is 0 Å². The Bertz CT molecular complexity index is 272. The molecule has 2 radical (unpaired) electrons. The molecular weight excluding hydrogens is 536 g/mol. The molecule has 0 aliphatic heterocycles. The van der Waals surface area contributed by atoms with Crippen LogP contribution in [-0.4, -0.2) is 57.0 Å². The zero-order chi connectivity index (χ0) is 19.2. The molecule has 0 saturated carbocycles. The number of hydrogen-bond acceptors (Lipinski definition) is 6. The summed E-state index contributed by atoms with van der Waals surface area (Å²) in [6.45, 7) is 9.19. The van der Waals surface area contributed by atoms with Gasteiger partial charge >= 0.3 is 24.4 Å². The molecule has 3 N–H and O–H groups in total. The molecule has 0 fully saturated rings. The van der Waals surface area contributed by atoms with Gasteiger partial charge in [0.25, 0.3) is 0 Å². The number of nitrogens with one attached hydrogen (secondary N) is 3. The molecule has 0 saturated heterocycles. The number of thiocarbonyl (C=S) groups is 3. The predicted molar refractivity (Wildman–Crippen MR) is 134 cm³/mol. The predicted octanol–water partition coefficient (Wildman–Crippen LogP) is 3.24. The average Bonchev–Trinajstić information content (AvgIpc) is 2.48. The summed E-state index contributed by atoms with van der Waals surface area (Å²) in [5.41, 5.74) is 0. The van der Waals surface area contributed by atoms with Gasteiger partial charge < -0.3 is 90.5 Å². The molecule has 0 unspecified atom stereocenters. The summed E-state index contributed by atoms with van der Waals surface area (Å²) in [6, 6.07) is 0. The van der Waals surface area contributed by atoms with E-state index in [9.17, 15) is 0 Å². The van der Waals surface area contributed by atoms with E-state index in [2.05, 4.69) is 111 Å². The minimum atomic E-state index is 0. The average molecular weight is 567 g/mol. The van der Waals surface area contributed by atoms with Crippen molar-refractivity contribution in [3.8, 4) is 0 Å². The van der Waals surface area contributed by atoms with Crippen molar-refractivity contribution in [1.29, 1.82) is 0 Å². The molecule has 0 heterocycles. The largest absolute Gasteiger partial charge is 3.00 e. The maximum atomic E-state index is 4.61. The van der Waals surface area contributed by atoms with Gasteiger partial charge in [-0.2, -0.15) is 0 Å². The van der Waals surface area contributed by atoms with E-state index in [4.69, 9.17) is 0 Å². The second kappa shape index (κ2) is 29.9. The monoisotopic (exact) mass is 565 g/mol. The van der Waals surface area contributed by atoms with Crippen molar-refractivity contribution >= 4 is 112 Å². The third-order valence-corrected chi connectivity index (χ3v) is 3.27. The smallest absolute Gasteiger partial charge is 0.412 e. The number of rotatable bonds is 9. The Kier molecular flexibility index (Phi) is 40.3. The topological polar surface area (TPSA) is 36.1 Å². The van der Waals surface area contributed by atoms with Crippen LogP contribution in [0.2, 0.25) is 0 Å². The van der Waals surface area contributed by atoms with Crippen LogP contribution in [0.15, 0.2) is 0 Å². The Labute approximate surface area is 205 Å². The molecule has 0 aromatic carbocycles. The van der Waals surface area contributed by atoms with Gasteiger partial charge in [-0.25, -0.2) is 0 Å². The molecule has 0 aliphatic carbocycles. The molecule has 146 valence electrons. The summed E-state index contributed by atoms with van der Waals surface area (Å²) in [6.07, 6.45) is 7.01. The molecule has 3 nitrogen and oxygen atoms in total. The van der Waals surface area contributed by atoms with Gasteiger partial charge in [-0.3, -0.25) is 0 Å². The second-order valence-electron chi connectivity index (χ2n) is 4.70. The van der Waals surface area contributed by atoms with Gasteiger partial charge in [-0.1, -0.05) is 53.0 Å². The fourth-order valence-corrected chi connectivity index (χ4v) is 1.71. The van der Waals surface area contributed by atoms with E-state index in [1.165, 1.54) is 19.3 Å². The van der Waals surface area contributed by atoms with Gasteiger partial charge in [0, 0.05) is 19.6 Å². The Hall–Kier alpha value is 1.15. The van der Waals surface area contributed by atoms with Crippen molar-refractivity contribution in [3.05, 3.63) is 0 Å². The van der Waals surface area contributed by atoms with E-state index >= 15 is 0 Å². The van der Waals surface area contributed by atoms with Crippen LogP contribution >= 0.6 is 36.7 Å². The first-order chi connectivity index (χ1) is 11.3. The zero-order valence-electron chi connectivity index (χ0n) is 15.3. The third kappa shape index (κ3) is 51.7. The Morgan fingerprint density at radius 3 is 0.920 bits per heavy atom. The maximum absolute atomic E-state index is 4.61. The first-order valence-electron chi connectivity index (χ1n) is 8.16. The molecular formula is C15H30N3S6Sb. The van der Waals surface area contributed by atoms with E-state index in [0.29, 0.717) is 13.0 Å². The van der Waals surface area contributed by atoms with Crippen LogP contribution in [0.5, 0.6) is 0 Å². The molecule has 25 heavy (non-hydrogen) atoms.